The van der Waals surface area contributed by atoms with Gasteiger partial charge in [0.05, 0.1) is 31.3 Å². The van der Waals surface area contributed by atoms with Crippen molar-refractivity contribution in [1.82, 2.24) is 0 Å². The zero-order valence-electron chi connectivity index (χ0n) is 17.5. The Labute approximate surface area is 171 Å². The molecule has 1 aromatic carbocycles. The molecular weight excluding hydrogens is 376 g/mol. The predicted molar refractivity (Wildman–Crippen MR) is 105 cm³/mol. The van der Waals surface area contributed by atoms with Gasteiger partial charge in [0.25, 0.3) is 0 Å². The molecule has 0 unspecified atom stereocenters. The summed E-state index contributed by atoms with van der Waals surface area (Å²) in [5.74, 6) is -4.32. The molecule has 1 aliphatic rings. The quantitative estimate of drug-likeness (QED) is 0.523. The molecule has 0 heterocycles. The molecule has 0 bridgehead atoms. The van der Waals surface area contributed by atoms with Gasteiger partial charge in [0.15, 0.2) is 5.78 Å². The highest BCUT2D eigenvalue weighted by Gasteiger charge is 2.57. The lowest BCUT2D eigenvalue weighted by molar-refractivity contribution is -0.172. The number of Topliss-reactive ketones (excluding diaryl/α,β-unsaturated/α-hetero) is 1. The van der Waals surface area contributed by atoms with Gasteiger partial charge < -0.3 is 19.3 Å². The van der Waals surface area contributed by atoms with Crippen molar-refractivity contribution in [3.05, 3.63) is 29.8 Å². The van der Waals surface area contributed by atoms with Gasteiger partial charge >= 0.3 is 11.9 Å². The van der Waals surface area contributed by atoms with Gasteiger partial charge in [-0.2, -0.15) is 0 Å². The van der Waals surface area contributed by atoms with Crippen LogP contribution in [0.1, 0.15) is 52.0 Å². The molecule has 0 saturated heterocycles. The van der Waals surface area contributed by atoms with Crippen molar-refractivity contribution in [3.63, 3.8) is 0 Å². The van der Waals surface area contributed by atoms with E-state index >= 15 is 0 Å². The van der Waals surface area contributed by atoms with Crippen LogP contribution in [-0.4, -0.2) is 48.3 Å². The number of hydrogen-bond donors (Lipinski definition) is 1. The Kier molecular flexibility index (Phi) is 7.79. The summed E-state index contributed by atoms with van der Waals surface area (Å²) in [6, 6.07) is 6.87. The lowest BCUT2D eigenvalue weighted by Gasteiger charge is -2.43. The Balaban J connectivity index is 2.52. The number of rotatable bonds is 8. The SMILES string of the molecule is CCCOc1ccc([C@H]2[C@H](C(=O)OCC)C(=O)C[C@@](C)(O)[C@@H]2C(=O)OCC)cc1. The second-order valence-corrected chi connectivity index (χ2v) is 7.40. The third-order valence-electron chi connectivity index (χ3n) is 5.09. The van der Waals surface area contributed by atoms with Crippen molar-refractivity contribution in [2.75, 3.05) is 19.8 Å². The third-order valence-corrected chi connectivity index (χ3v) is 5.09. The average molecular weight is 406 g/mol. The summed E-state index contributed by atoms with van der Waals surface area (Å²) in [4.78, 5) is 38.2. The van der Waals surface area contributed by atoms with Gasteiger partial charge in [-0.1, -0.05) is 19.1 Å². The van der Waals surface area contributed by atoms with Crippen molar-refractivity contribution in [3.8, 4) is 5.75 Å². The van der Waals surface area contributed by atoms with Crippen LogP contribution in [0.25, 0.3) is 0 Å². The van der Waals surface area contributed by atoms with Crippen LogP contribution in [0.2, 0.25) is 0 Å². The minimum absolute atomic E-state index is 0.111. The third kappa shape index (κ3) is 5.15. The van der Waals surface area contributed by atoms with E-state index in [2.05, 4.69) is 0 Å². The molecule has 0 spiro atoms. The number of ketones is 1. The summed E-state index contributed by atoms with van der Waals surface area (Å²) in [6.07, 6.45) is 0.533. The van der Waals surface area contributed by atoms with Crippen molar-refractivity contribution >= 4 is 17.7 Å². The highest BCUT2D eigenvalue weighted by molar-refractivity contribution is 6.02. The number of esters is 2. The van der Waals surface area contributed by atoms with E-state index in [1.807, 2.05) is 6.92 Å². The first-order valence-electron chi connectivity index (χ1n) is 10.1. The molecule has 1 saturated carbocycles. The van der Waals surface area contributed by atoms with E-state index in [1.165, 1.54) is 6.92 Å². The molecule has 0 amide bonds. The van der Waals surface area contributed by atoms with E-state index in [4.69, 9.17) is 14.2 Å². The predicted octanol–water partition coefficient (Wildman–Crippen LogP) is 2.64. The Morgan fingerprint density at radius 3 is 2.21 bits per heavy atom. The number of hydrogen-bond acceptors (Lipinski definition) is 7. The highest BCUT2D eigenvalue weighted by Crippen LogP contribution is 2.47. The van der Waals surface area contributed by atoms with Gasteiger partial charge in [-0.25, -0.2) is 0 Å². The second-order valence-electron chi connectivity index (χ2n) is 7.40. The van der Waals surface area contributed by atoms with Gasteiger partial charge in [0.2, 0.25) is 0 Å². The first-order valence-corrected chi connectivity index (χ1v) is 10.1. The molecule has 7 nitrogen and oxygen atoms in total. The number of aliphatic hydroxyl groups is 1. The van der Waals surface area contributed by atoms with E-state index in [1.54, 1.807) is 38.1 Å². The lowest BCUT2D eigenvalue weighted by Crippen LogP contribution is -2.55. The minimum Gasteiger partial charge on any atom is -0.494 e. The summed E-state index contributed by atoms with van der Waals surface area (Å²) >= 11 is 0. The zero-order chi connectivity index (χ0) is 21.6. The van der Waals surface area contributed by atoms with E-state index in [0.29, 0.717) is 17.9 Å². The molecule has 7 heteroatoms. The smallest absolute Gasteiger partial charge is 0.317 e. The van der Waals surface area contributed by atoms with Crippen LogP contribution in [0.4, 0.5) is 0 Å². The Morgan fingerprint density at radius 1 is 1.07 bits per heavy atom. The molecule has 1 N–H and O–H groups in total. The minimum atomic E-state index is -1.64. The number of benzene rings is 1. The summed E-state index contributed by atoms with van der Waals surface area (Å²) < 4.78 is 15.9. The van der Waals surface area contributed by atoms with Gasteiger partial charge in [-0.3, -0.25) is 14.4 Å². The second kappa shape index (κ2) is 9.87. The fraction of sp³-hybridized carbons (Fsp3) is 0.591. The molecule has 160 valence electrons. The Hall–Kier alpha value is -2.41. The first kappa shape index (κ1) is 22.9. The van der Waals surface area contributed by atoms with Crippen molar-refractivity contribution in [2.45, 2.75) is 52.1 Å². The fourth-order valence-electron chi connectivity index (χ4n) is 3.89. The topological polar surface area (TPSA) is 99.1 Å². The normalized spacial score (nSPS) is 26.7. The molecular formula is C22H30O7. The standard InChI is InChI=1S/C22H30O7/c1-5-12-29-15-10-8-14(9-11-15)17-18(20(24)27-6-2)16(23)13-22(4,26)19(17)21(25)28-7-3/h8-11,17-19,26H,5-7,12-13H2,1-4H3/t17-,18+,19-,22+/m0/s1. The molecule has 1 aromatic rings. The van der Waals surface area contributed by atoms with Crippen LogP contribution in [0, 0.1) is 11.8 Å². The van der Waals surface area contributed by atoms with E-state index in [-0.39, 0.29) is 19.6 Å². The molecule has 0 aliphatic heterocycles. The van der Waals surface area contributed by atoms with Crippen molar-refractivity contribution in [1.29, 1.82) is 0 Å². The van der Waals surface area contributed by atoms with Crippen LogP contribution in [0.15, 0.2) is 24.3 Å². The molecule has 2 rings (SSSR count). The Bertz CT molecular complexity index is 723. The molecule has 1 fully saturated rings. The summed E-state index contributed by atoms with van der Waals surface area (Å²) in [6.45, 7) is 7.54. The fourth-order valence-corrected chi connectivity index (χ4v) is 3.89. The highest BCUT2D eigenvalue weighted by atomic mass is 16.5. The maximum Gasteiger partial charge on any atom is 0.317 e. The van der Waals surface area contributed by atoms with Crippen LogP contribution >= 0.6 is 0 Å². The monoisotopic (exact) mass is 406 g/mol. The molecule has 0 aromatic heterocycles. The van der Waals surface area contributed by atoms with Gasteiger partial charge in [0.1, 0.15) is 11.7 Å². The van der Waals surface area contributed by atoms with Crippen molar-refractivity contribution < 1.29 is 33.7 Å². The van der Waals surface area contributed by atoms with Gasteiger partial charge in [-0.15, -0.1) is 0 Å². The van der Waals surface area contributed by atoms with Crippen LogP contribution in [-0.2, 0) is 23.9 Å². The molecule has 1 aliphatic carbocycles. The summed E-state index contributed by atoms with van der Waals surface area (Å²) in [5.41, 5.74) is -1.08. The summed E-state index contributed by atoms with van der Waals surface area (Å²) in [5, 5.41) is 10.9. The van der Waals surface area contributed by atoms with Crippen LogP contribution in [0.3, 0.4) is 0 Å². The molecule has 29 heavy (non-hydrogen) atoms. The average Bonchev–Trinajstić information content (AvgIpc) is 2.65. The van der Waals surface area contributed by atoms with Crippen LogP contribution in [0.5, 0.6) is 5.75 Å². The van der Waals surface area contributed by atoms with E-state index in [0.717, 1.165) is 6.42 Å². The van der Waals surface area contributed by atoms with Crippen LogP contribution < -0.4 is 4.74 Å². The van der Waals surface area contributed by atoms with E-state index in [9.17, 15) is 19.5 Å². The van der Waals surface area contributed by atoms with Gasteiger partial charge in [0, 0.05) is 12.3 Å². The van der Waals surface area contributed by atoms with Crippen molar-refractivity contribution in [2.24, 2.45) is 11.8 Å². The Morgan fingerprint density at radius 2 is 1.66 bits per heavy atom. The summed E-state index contributed by atoms with van der Waals surface area (Å²) in [7, 11) is 0. The number of carbonyl (C=O) groups excluding carboxylic acids is 3. The van der Waals surface area contributed by atoms with Gasteiger partial charge in [-0.05, 0) is 44.9 Å². The van der Waals surface area contributed by atoms with E-state index < -0.39 is 41.1 Å². The maximum atomic E-state index is 12.8. The maximum absolute atomic E-state index is 12.8. The largest absolute Gasteiger partial charge is 0.494 e. The number of ether oxygens (including phenoxy) is 3. The lowest BCUT2D eigenvalue weighted by atomic mass is 9.61. The molecule has 0 radical (unpaired) electrons. The number of carbonyl (C=O) groups is 3. The first-order chi connectivity index (χ1) is 13.8. The zero-order valence-corrected chi connectivity index (χ0v) is 17.5. The molecule has 4 atom stereocenters.